The van der Waals surface area contributed by atoms with Crippen LogP contribution in [0.5, 0.6) is 0 Å². The smallest absolute Gasteiger partial charge is 0.219 e. The lowest BCUT2D eigenvalue weighted by molar-refractivity contribution is 1.10. The molecular formula is C16H12ClN3. The molecule has 0 fully saturated rings. The summed E-state index contributed by atoms with van der Waals surface area (Å²) in [7, 11) is 0. The first kappa shape index (κ1) is 11.6. The molecule has 0 atom stereocenters. The van der Waals surface area contributed by atoms with Gasteiger partial charge in [-0.2, -0.15) is 0 Å². The van der Waals surface area contributed by atoms with Gasteiger partial charge in [0.15, 0.2) is 0 Å². The van der Waals surface area contributed by atoms with Crippen LogP contribution in [0.3, 0.4) is 0 Å². The van der Waals surface area contributed by atoms with Gasteiger partial charge < -0.3 is 0 Å². The van der Waals surface area contributed by atoms with E-state index in [0.717, 1.165) is 27.5 Å². The van der Waals surface area contributed by atoms with Gasteiger partial charge >= 0.3 is 0 Å². The van der Waals surface area contributed by atoms with Gasteiger partial charge in [0.25, 0.3) is 0 Å². The molecule has 4 aromatic rings. The van der Waals surface area contributed by atoms with E-state index in [4.69, 9.17) is 11.6 Å². The van der Waals surface area contributed by atoms with Gasteiger partial charge in [-0.1, -0.05) is 17.7 Å². The lowest BCUT2D eigenvalue weighted by Gasteiger charge is -2.05. The van der Waals surface area contributed by atoms with Crippen LogP contribution in [-0.2, 0) is 0 Å². The highest BCUT2D eigenvalue weighted by molar-refractivity contribution is 6.30. The molecule has 0 aliphatic carbocycles. The number of hydrogen-bond acceptors (Lipinski definition) is 1. The summed E-state index contributed by atoms with van der Waals surface area (Å²) in [6.07, 6.45) is 3.81. The molecule has 98 valence electrons. The first-order valence-electron chi connectivity index (χ1n) is 6.44. The first-order valence-corrected chi connectivity index (χ1v) is 6.82. The summed E-state index contributed by atoms with van der Waals surface area (Å²) in [5.74, 6) is 0.910. The van der Waals surface area contributed by atoms with Gasteiger partial charge in [-0.25, -0.2) is 4.98 Å². The Labute approximate surface area is 121 Å². The quantitative estimate of drug-likeness (QED) is 0.511. The van der Waals surface area contributed by atoms with Crippen LogP contribution in [0.1, 0.15) is 5.56 Å². The summed E-state index contributed by atoms with van der Waals surface area (Å²) in [5, 5.41) is 0.736. The highest BCUT2D eigenvalue weighted by Gasteiger charge is 2.12. The molecule has 4 rings (SSSR count). The van der Waals surface area contributed by atoms with E-state index in [0.29, 0.717) is 0 Å². The Hall–Kier alpha value is -2.26. The number of fused-ring (bicyclic) bond motifs is 3. The van der Waals surface area contributed by atoms with Crippen LogP contribution in [0.4, 0.5) is 0 Å². The van der Waals surface area contributed by atoms with E-state index >= 15 is 0 Å². The molecule has 0 aliphatic rings. The van der Waals surface area contributed by atoms with Crippen molar-refractivity contribution in [3.63, 3.8) is 0 Å². The number of halogens is 1. The Bertz CT molecular complexity index is 916. The summed E-state index contributed by atoms with van der Waals surface area (Å²) in [6.45, 7) is 2.10. The van der Waals surface area contributed by atoms with E-state index < -0.39 is 0 Å². The lowest BCUT2D eigenvalue weighted by atomic mass is 10.2. The van der Waals surface area contributed by atoms with Crippen LogP contribution < -0.4 is 0 Å². The lowest BCUT2D eigenvalue weighted by Crippen LogP contribution is -1.94. The molecule has 20 heavy (non-hydrogen) atoms. The van der Waals surface area contributed by atoms with Gasteiger partial charge in [0, 0.05) is 23.1 Å². The van der Waals surface area contributed by atoms with Crippen molar-refractivity contribution >= 4 is 28.4 Å². The van der Waals surface area contributed by atoms with Gasteiger partial charge in [-0.3, -0.25) is 8.97 Å². The fraction of sp³-hybridized carbons (Fsp3) is 0.0625. The molecule has 2 heterocycles. The fourth-order valence-electron chi connectivity index (χ4n) is 2.62. The molecule has 3 nitrogen and oxygen atoms in total. The normalized spacial score (nSPS) is 11.5. The summed E-state index contributed by atoms with van der Waals surface area (Å²) in [5.41, 5.74) is 4.60. The minimum atomic E-state index is 0.736. The molecule has 4 heteroatoms. The van der Waals surface area contributed by atoms with Crippen molar-refractivity contribution in [2.45, 2.75) is 6.92 Å². The second-order valence-electron chi connectivity index (χ2n) is 4.90. The van der Waals surface area contributed by atoms with Gasteiger partial charge in [0.05, 0.1) is 11.0 Å². The zero-order chi connectivity index (χ0) is 13.7. The predicted molar refractivity (Wildman–Crippen MR) is 81.8 cm³/mol. The third-order valence-electron chi connectivity index (χ3n) is 3.54. The summed E-state index contributed by atoms with van der Waals surface area (Å²) in [6, 6.07) is 14.2. The molecule has 0 bridgehead atoms. The molecule has 0 unspecified atom stereocenters. The van der Waals surface area contributed by atoms with Crippen molar-refractivity contribution in [1.29, 1.82) is 0 Å². The van der Waals surface area contributed by atoms with E-state index in [1.807, 2.05) is 36.7 Å². The predicted octanol–water partition coefficient (Wildman–Crippen LogP) is 4.24. The third kappa shape index (κ3) is 1.57. The van der Waals surface area contributed by atoms with E-state index in [2.05, 4.69) is 39.1 Å². The monoisotopic (exact) mass is 281 g/mol. The number of aromatic nitrogens is 3. The van der Waals surface area contributed by atoms with Crippen LogP contribution in [0.25, 0.3) is 22.5 Å². The Morgan fingerprint density at radius 2 is 1.80 bits per heavy atom. The Balaban J connectivity index is 2.14. The van der Waals surface area contributed by atoms with E-state index in [1.54, 1.807) is 0 Å². The highest BCUT2D eigenvalue weighted by Crippen LogP contribution is 2.26. The van der Waals surface area contributed by atoms with Gasteiger partial charge in [0.2, 0.25) is 5.78 Å². The van der Waals surface area contributed by atoms with Crippen molar-refractivity contribution in [1.82, 2.24) is 14.0 Å². The number of imidazole rings is 2. The molecular weight excluding hydrogens is 270 g/mol. The maximum atomic E-state index is 5.98. The molecule has 0 aliphatic heterocycles. The second-order valence-corrected chi connectivity index (χ2v) is 5.34. The average Bonchev–Trinajstić information content (AvgIpc) is 3.01. The van der Waals surface area contributed by atoms with Crippen LogP contribution in [0, 0.1) is 6.92 Å². The second kappa shape index (κ2) is 4.12. The molecule has 0 saturated carbocycles. The summed E-state index contributed by atoms with van der Waals surface area (Å²) >= 11 is 5.98. The maximum absolute atomic E-state index is 5.98. The molecule has 0 N–H and O–H groups in total. The van der Waals surface area contributed by atoms with Gasteiger partial charge in [-0.05, 0) is 48.9 Å². The van der Waals surface area contributed by atoms with Crippen LogP contribution in [0.15, 0.2) is 54.9 Å². The number of aryl methyl sites for hydroxylation is 1. The number of nitrogens with zero attached hydrogens (tertiary/aromatic N) is 3. The molecule has 0 radical (unpaired) electrons. The largest absolute Gasteiger partial charge is 0.283 e. The number of hydrogen-bond donors (Lipinski definition) is 0. The zero-order valence-corrected chi connectivity index (χ0v) is 11.7. The standard InChI is InChI=1S/C16H12ClN3/c1-11-2-7-14-15(10-11)19-9-8-18-16(19)20(14)13-5-3-12(17)4-6-13/h2-10H,1H3. The van der Waals surface area contributed by atoms with Crippen molar-refractivity contribution in [3.8, 4) is 5.69 Å². The maximum Gasteiger partial charge on any atom is 0.219 e. The van der Waals surface area contributed by atoms with Crippen molar-refractivity contribution < 1.29 is 0 Å². The van der Waals surface area contributed by atoms with Gasteiger partial charge in [0.1, 0.15) is 0 Å². The van der Waals surface area contributed by atoms with Crippen LogP contribution in [0.2, 0.25) is 5.02 Å². The van der Waals surface area contributed by atoms with E-state index in [9.17, 15) is 0 Å². The fourth-order valence-corrected chi connectivity index (χ4v) is 2.74. The highest BCUT2D eigenvalue weighted by atomic mass is 35.5. The first-order chi connectivity index (χ1) is 9.74. The minimum absolute atomic E-state index is 0.736. The van der Waals surface area contributed by atoms with Crippen molar-refractivity contribution in [2.75, 3.05) is 0 Å². The number of rotatable bonds is 1. The third-order valence-corrected chi connectivity index (χ3v) is 3.79. The molecule has 0 amide bonds. The van der Waals surface area contributed by atoms with E-state index in [-0.39, 0.29) is 0 Å². The van der Waals surface area contributed by atoms with Gasteiger partial charge in [-0.15, -0.1) is 0 Å². The Morgan fingerprint density at radius 1 is 1.00 bits per heavy atom. The molecule has 0 spiro atoms. The molecule has 0 saturated heterocycles. The summed E-state index contributed by atoms with van der Waals surface area (Å²) < 4.78 is 4.25. The van der Waals surface area contributed by atoms with E-state index in [1.165, 1.54) is 5.56 Å². The molecule has 2 aromatic carbocycles. The zero-order valence-electron chi connectivity index (χ0n) is 10.9. The van der Waals surface area contributed by atoms with Crippen molar-refractivity contribution in [3.05, 3.63) is 65.4 Å². The summed E-state index contributed by atoms with van der Waals surface area (Å²) in [4.78, 5) is 4.48. The van der Waals surface area contributed by atoms with Crippen LogP contribution >= 0.6 is 11.6 Å². The van der Waals surface area contributed by atoms with Crippen LogP contribution in [-0.4, -0.2) is 14.0 Å². The topological polar surface area (TPSA) is 22.2 Å². The Kier molecular flexibility index (Phi) is 2.38. The number of benzene rings is 2. The average molecular weight is 282 g/mol. The van der Waals surface area contributed by atoms with Crippen molar-refractivity contribution in [2.24, 2.45) is 0 Å². The Morgan fingerprint density at radius 3 is 2.60 bits per heavy atom. The minimum Gasteiger partial charge on any atom is -0.283 e. The SMILES string of the molecule is Cc1ccc2c(c1)n1ccnc1n2-c1ccc(Cl)cc1. The molecule has 2 aromatic heterocycles.